The Hall–Kier alpha value is -3.03. The van der Waals surface area contributed by atoms with Crippen molar-refractivity contribution >= 4 is 29.4 Å². The van der Waals surface area contributed by atoms with E-state index in [4.69, 9.17) is 0 Å². The van der Waals surface area contributed by atoms with Gasteiger partial charge in [0.2, 0.25) is 6.41 Å². The molecule has 1 heterocycles. The van der Waals surface area contributed by atoms with Gasteiger partial charge in [-0.2, -0.15) is 0 Å². The third kappa shape index (κ3) is 3.20. The van der Waals surface area contributed by atoms with E-state index in [1.807, 2.05) is 23.6 Å². The van der Waals surface area contributed by atoms with E-state index in [1.165, 1.54) is 17.4 Å². The van der Waals surface area contributed by atoms with Crippen LogP contribution in [0.2, 0.25) is 0 Å². The van der Waals surface area contributed by atoms with E-state index in [-0.39, 0.29) is 16.7 Å². The Bertz CT molecular complexity index is 1120. The van der Waals surface area contributed by atoms with E-state index in [0.717, 1.165) is 17.5 Å². The topological polar surface area (TPSA) is 99.5 Å². The van der Waals surface area contributed by atoms with Crippen LogP contribution < -0.4 is 5.32 Å². The summed E-state index contributed by atoms with van der Waals surface area (Å²) in [6.07, 6.45) is 3.50. The number of aromatic carboxylic acids is 1. The molecular weight excluding hydrogens is 400 g/mol. The number of para-hydroxylation sites is 1. The van der Waals surface area contributed by atoms with Crippen molar-refractivity contribution in [1.29, 1.82) is 0 Å². The van der Waals surface area contributed by atoms with Crippen molar-refractivity contribution in [2.45, 2.75) is 37.7 Å². The van der Waals surface area contributed by atoms with Crippen LogP contribution in [0.3, 0.4) is 0 Å². The number of aromatic nitrogens is 1. The summed E-state index contributed by atoms with van der Waals surface area (Å²) in [6, 6.07) is 10.6. The van der Waals surface area contributed by atoms with E-state index in [9.17, 15) is 19.8 Å². The van der Waals surface area contributed by atoms with Gasteiger partial charge in [-0.15, -0.1) is 11.3 Å². The molecule has 1 aliphatic carbocycles. The second-order valence-corrected chi connectivity index (χ2v) is 9.03. The van der Waals surface area contributed by atoms with Gasteiger partial charge >= 0.3 is 5.97 Å². The van der Waals surface area contributed by atoms with E-state index < -0.39 is 11.6 Å². The van der Waals surface area contributed by atoms with Gasteiger partial charge in [0.1, 0.15) is 10.6 Å². The monoisotopic (exact) mass is 422 g/mol. The summed E-state index contributed by atoms with van der Waals surface area (Å²) in [5, 5.41) is 26.2. The number of anilines is 1. The van der Waals surface area contributed by atoms with Crippen LogP contribution in [-0.2, 0) is 15.8 Å². The third-order valence-corrected chi connectivity index (χ3v) is 6.83. The maximum atomic E-state index is 11.7. The van der Waals surface area contributed by atoms with Crippen LogP contribution in [0.1, 0.15) is 53.2 Å². The molecule has 2 aromatic carbocycles. The van der Waals surface area contributed by atoms with Gasteiger partial charge in [-0.3, -0.25) is 4.79 Å². The minimum absolute atomic E-state index is 0.00726. The summed E-state index contributed by atoms with van der Waals surface area (Å²) in [4.78, 5) is 27.2. The maximum absolute atomic E-state index is 11.7. The van der Waals surface area contributed by atoms with Crippen molar-refractivity contribution in [2.75, 3.05) is 5.32 Å². The largest absolute Gasteiger partial charge is 0.478 e. The van der Waals surface area contributed by atoms with Gasteiger partial charge in [-0.1, -0.05) is 38.1 Å². The highest BCUT2D eigenvalue weighted by molar-refractivity contribution is 7.09. The molecule has 154 valence electrons. The molecule has 3 aromatic rings. The fraction of sp³-hybridized carbons (Fsp3) is 0.261. The number of thiazole rings is 1. The highest BCUT2D eigenvalue weighted by Crippen LogP contribution is 2.49. The first-order valence-corrected chi connectivity index (χ1v) is 10.5. The van der Waals surface area contributed by atoms with Crippen molar-refractivity contribution in [3.8, 4) is 11.1 Å². The Balaban J connectivity index is 1.95. The second-order valence-electron chi connectivity index (χ2n) is 8.14. The molecule has 1 aliphatic rings. The second kappa shape index (κ2) is 7.34. The molecule has 3 N–H and O–H groups in total. The molecule has 0 spiro atoms. The van der Waals surface area contributed by atoms with E-state index in [0.29, 0.717) is 29.0 Å². The van der Waals surface area contributed by atoms with Crippen LogP contribution in [0.15, 0.2) is 48.0 Å². The summed E-state index contributed by atoms with van der Waals surface area (Å²) >= 11 is 1.41. The van der Waals surface area contributed by atoms with Gasteiger partial charge in [-0.25, -0.2) is 9.78 Å². The Kier molecular flexibility index (Phi) is 4.95. The number of benzene rings is 2. The smallest absolute Gasteiger partial charge is 0.337 e. The number of carbonyl (C=O) groups excluding carboxylic acids is 1. The Labute approximate surface area is 178 Å². The lowest BCUT2D eigenvalue weighted by Gasteiger charge is -2.41. The molecule has 1 unspecified atom stereocenters. The molecule has 1 amide bonds. The molecule has 0 bridgehead atoms. The number of carboxylic acid groups (broad SMARTS) is 1. The number of carboxylic acids is 1. The van der Waals surface area contributed by atoms with Gasteiger partial charge < -0.3 is 15.5 Å². The molecule has 0 saturated carbocycles. The van der Waals surface area contributed by atoms with Gasteiger partial charge in [0.15, 0.2) is 0 Å². The van der Waals surface area contributed by atoms with E-state index in [2.05, 4.69) is 24.1 Å². The summed E-state index contributed by atoms with van der Waals surface area (Å²) < 4.78 is 0. The zero-order valence-electron chi connectivity index (χ0n) is 16.7. The fourth-order valence-corrected chi connectivity index (χ4v) is 5.02. The van der Waals surface area contributed by atoms with Crippen LogP contribution >= 0.6 is 11.3 Å². The molecule has 0 aliphatic heterocycles. The van der Waals surface area contributed by atoms with Crippen molar-refractivity contribution in [3.05, 3.63) is 69.7 Å². The number of nitrogens with zero attached hydrogens (tertiary/aromatic N) is 1. The van der Waals surface area contributed by atoms with Gasteiger partial charge in [-0.05, 0) is 47.1 Å². The Morgan fingerprint density at radius 2 is 2.00 bits per heavy atom. The number of rotatable bonds is 5. The SMILES string of the molecule is CC1(C)CCC(O)(c2nccs2)c2cc(-c3cccc(C(=O)O)c3NC=O)ccc21. The third-order valence-electron chi connectivity index (χ3n) is 5.90. The predicted molar refractivity (Wildman–Crippen MR) is 116 cm³/mol. The van der Waals surface area contributed by atoms with Crippen LogP contribution in [0.5, 0.6) is 0 Å². The van der Waals surface area contributed by atoms with Crippen molar-refractivity contribution < 1.29 is 19.8 Å². The Morgan fingerprint density at radius 1 is 1.20 bits per heavy atom. The number of nitrogens with one attached hydrogen (secondary N) is 1. The highest BCUT2D eigenvalue weighted by atomic mass is 32.1. The zero-order chi connectivity index (χ0) is 21.5. The summed E-state index contributed by atoms with van der Waals surface area (Å²) in [5.41, 5.74) is 2.00. The standard InChI is InChI=1S/C23H22N2O4S/c1-22(2)8-9-23(29,21-24-10-11-30-21)18-12-14(6-7-17(18)22)15-4-3-5-16(20(27)28)19(15)25-13-26/h3-7,10-13,29H,8-9H2,1-2H3,(H,25,26)(H,27,28). The lowest BCUT2D eigenvalue weighted by atomic mass is 9.66. The minimum Gasteiger partial charge on any atom is -0.478 e. The summed E-state index contributed by atoms with van der Waals surface area (Å²) in [6.45, 7) is 4.30. The van der Waals surface area contributed by atoms with Crippen LogP contribution in [0.4, 0.5) is 5.69 Å². The van der Waals surface area contributed by atoms with Gasteiger partial charge in [0.05, 0.1) is 11.3 Å². The summed E-state index contributed by atoms with van der Waals surface area (Å²) in [5.74, 6) is -1.13. The number of fused-ring (bicyclic) bond motifs is 1. The molecule has 0 fully saturated rings. The molecule has 4 rings (SSSR count). The summed E-state index contributed by atoms with van der Waals surface area (Å²) in [7, 11) is 0. The van der Waals surface area contributed by atoms with Gasteiger partial charge in [0.25, 0.3) is 0 Å². The Morgan fingerprint density at radius 3 is 2.67 bits per heavy atom. The predicted octanol–water partition coefficient (Wildman–Crippen LogP) is 4.38. The van der Waals surface area contributed by atoms with E-state index >= 15 is 0 Å². The molecule has 7 heteroatoms. The number of carbonyl (C=O) groups is 2. The quantitative estimate of drug-likeness (QED) is 0.530. The number of amides is 1. The van der Waals surface area contributed by atoms with Gasteiger partial charge in [0, 0.05) is 17.1 Å². The molecule has 1 aromatic heterocycles. The minimum atomic E-state index is -1.21. The zero-order valence-corrected chi connectivity index (χ0v) is 17.5. The first-order chi connectivity index (χ1) is 14.3. The number of aliphatic hydroxyl groups is 1. The average molecular weight is 423 g/mol. The molecule has 1 atom stereocenters. The average Bonchev–Trinajstić information content (AvgIpc) is 3.27. The van der Waals surface area contributed by atoms with Crippen molar-refractivity contribution in [1.82, 2.24) is 4.98 Å². The lowest BCUT2D eigenvalue weighted by Crippen LogP contribution is -2.38. The molecule has 0 saturated heterocycles. The first kappa shape index (κ1) is 20.3. The molecular formula is C23H22N2O4S. The van der Waals surface area contributed by atoms with Crippen LogP contribution in [-0.4, -0.2) is 27.6 Å². The van der Waals surface area contributed by atoms with E-state index in [1.54, 1.807) is 18.3 Å². The highest BCUT2D eigenvalue weighted by Gasteiger charge is 2.44. The molecule has 30 heavy (non-hydrogen) atoms. The first-order valence-electron chi connectivity index (χ1n) is 9.62. The molecule has 0 radical (unpaired) electrons. The van der Waals surface area contributed by atoms with Crippen LogP contribution in [0.25, 0.3) is 11.1 Å². The lowest BCUT2D eigenvalue weighted by molar-refractivity contribution is -0.105. The number of hydrogen-bond acceptors (Lipinski definition) is 5. The van der Waals surface area contributed by atoms with Crippen LogP contribution in [0, 0.1) is 0 Å². The van der Waals surface area contributed by atoms with Crippen molar-refractivity contribution in [3.63, 3.8) is 0 Å². The normalized spacial score (nSPS) is 19.7. The molecule has 6 nitrogen and oxygen atoms in total. The number of hydrogen-bond donors (Lipinski definition) is 3. The fourth-order valence-electron chi connectivity index (χ4n) is 4.24. The maximum Gasteiger partial charge on any atom is 0.337 e. The van der Waals surface area contributed by atoms with Crippen molar-refractivity contribution in [2.24, 2.45) is 0 Å².